The number of hydrogen-bond donors (Lipinski definition) is 0. The lowest BCUT2D eigenvalue weighted by molar-refractivity contribution is -0.130. The molecule has 0 radical (unpaired) electrons. The largest absolute Gasteiger partial charge is 0.271 e. The molecule has 4 nitrogen and oxygen atoms in total. The predicted octanol–water partition coefficient (Wildman–Crippen LogP) is 5.25. The van der Waals surface area contributed by atoms with E-state index in [9.17, 15) is 9.59 Å². The van der Waals surface area contributed by atoms with Crippen LogP contribution in [-0.4, -0.2) is 39.3 Å². The van der Waals surface area contributed by atoms with E-state index >= 15 is 0 Å². The molecule has 2 aromatic heterocycles. The molecule has 2 aromatic rings. The van der Waals surface area contributed by atoms with Gasteiger partial charge in [-0.1, -0.05) is 25.5 Å². The van der Waals surface area contributed by atoms with Crippen LogP contribution in [0.2, 0.25) is 0 Å². The average molecular weight is 453 g/mol. The van der Waals surface area contributed by atoms with Gasteiger partial charge in [0.05, 0.1) is 12.1 Å². The fourth-order valence-corrected chi connectivity index (χ4v) is 5.91. The zero-order valence-corrected chi connectivity index (χ0v) is 19.1. The van der Waals surface area contributed by atoms with Crippen LogP contribution in [0.4, 0.5) is 0 Å². The van der Waals surface area contributed by atoms with E-state index in [4.69, 9.17) is 0 Å². The van der Waals surface area contributed by atoms with Gasteiger partial charge in [0.25, 0.3) is 11.8 Å². The van der Waals surface area contributed by atoms with E-state index in [2.05, 4.69) is 19.1 Å². The van der Waals surface area contributed by atoms with Crippen LogP contribution in [0, 0.1) is 0 Å². The highest BCUT2D eigenvalue weighted by molar-refractivity contribution is 8.02. The van der Waals surface area contributed by atoms with Crippen molar-refractivity contribution in [2.45, 2.75) is 32.6 Å². The van der Waals surface area contributed by atoms with Gasteiger partial charge in [0.2, 0.25) is 0 Å². The first-order valence-electron chi connectivity index (χ1n) is 9.37. The van der Waals surface area contributed by atoms with E-state index < -0.39 is 0 Å². The van der Waals surface area contributed by atoms with Crippen molar-refractivity contribution in [2.24, 2.45) is 0 Å². The molecule has 1 aliphatic rings. The molecule has 1 fully saturated rings. The highest BCUT2D eigenvalue weighted by Crippen LogP contribution is 2.30. The van der Waals surface area contributed by atoms with Crippen molar-refractivity contribution in [3.05, 3.63) is 55.8 Å². The molecule has 8 heteroatoms. The first-order valence-corrected chi connectivity index (χ1v) is 12.9. The fourth-order valence-electron chi connectivity index (χ4n) is 2.64. The normalized spacial score (nSPS) is 14.8. The lowest BCUT2D eigenvalue weighted by atomic mass is 10.2. The number of thioether (sulfide) groups is 1. The highest BCUT2D eigenvalue weighted by atomic mass is 32.2. The van der Waals surface area contributed by atoms with Crippen molar-refractivity contribution in [1.29, 1.82) is 0 Å². The Kier molecular flexibility index (Phi) is 8.51. The summed E-state index contributed by atoms with van der Waals surface area (Å²) >= 11 is 6.23. The Morgan fingerprint density at radius 3 is 2.00 bits per heavy atom. The van der Waals surface area contributed by atoms with E-state index in [1.54, 1.807) is 48.5 Å². The molecule has 1 saturated heterocycles. The van der Waals surface area contributed by atoms with Crippen molar-refractivity contribution < 1.29 is 9.59 Å². The second kappa shape index (κ2) is 11.1. The molecule has 2 amide bonds. The highest BCUT2D eigenvalue weighted by Gasteiger charge is 2.36. The van der Waals surface area contributed by atoms with E-state index in [1.165, 1.54) is 21.9 Å². The molecule has 3 rings (SSSR count). The molecule has 1 aliphatic heterocycles. The van der Waals surface area contributed by atoms with Gasteiger partial charge in [0.1, 0.15) is 5.57 Å². The summed E-state index contributed by atoms with van der Waals surface area (Å²) in [5.41, 5.74) is 0.303. The third kappa shape index (κ3) is 5.89. The van der Waals surface area contributed by atoms with Gasteiger partial charge in [-0.3, -0.25) is 18.2 Å². The second-order valence-corrected chi connectivity index (χ2v) is 10.4. The summed E-state index contributed by atoms with van der Waals surface area (Å²) in [5.74, 6) is 0.601. The number of carbonyl (C=O) groups is 2. The van der Waals surface area contributed by atoms with Crippen LogP contribution in [0.3, 0.4) is 0 Å². The molecular formula is C20H24N2O2S4. The third-order valence-corrected chi connectivity index (χ3v) is 8.10. The zero-order valence-electron chi connectivity index (χ0n) is 15.8. The number of amides is 2. The molecule has 3 heterocycles. The summed E-state index contributed by atoms with van der Waals surface area (Å²) in [7, 11) is 0. The van der Waals surface area contributed by atoms with Gasteiger partial charge < -0.3 is 0 Å². The maximum atomic E-state index is 12.9. The molecular weight excluding hydrogens is 429 g/mol. The molecule has 0 atom stereocenters. The Morgan fingerprint density at radius 1 is 0.964 bits per heavy atom. The average Bonchev–Trinajstić information content (AvgIpc) is 3.40. The Hall–Kier alpha value is -1.22. The van der Waals surface area contributed by atoms with Crippen molar-refractivity contribution in [3.63, 3.8) is 0 Å². The lowest BCUT2D eigenvalue weighted by Gasteiger charge is -2.34. The lowest BCUT2D eigenvalue weighted by Crippen LogP contribution is -2.45. The Morgan fingerprint density at radius 2 is 1.54 bits per heavy atom. The molecule has 0 saturated carbocycles. The van der Waals surface area contributed by atoms with Crippen LogP contribution in [-0.2, 0) is 22.4 Å². The van der Waals surface area contributed by atoms with Crippen LogP contribution < -0.4 is 0 Å². The number of hydrogen-bond acceptors (Lipinski definition) is 6. The van der Waals surface area contributed by atoms with E-state index in [-0.39, 0.29) is 11.8 Å². The van der Waals surface area contributed by atoms with Crippen LogP contribution in [0.15, 0.2) is 46.0 Å². The quantitative estimate of drug-likeness (QED) is 0.214. The van der Waals surface area contributed by atoms with E-state index in [0.717, 1.165) is 31.4 Å². The topological polar surface area (TPSA) is 40.6 Å². The summed E-state index contributed by atoms with van der Waals surface area (Å²) in [6.07, 6.45) is 3.79. The molecule has 0 aromatic carbocycles. The maximum Gasteiger partial charge on any atom is 0.271 e. The van der Waals surface area contributed by atoms with E-state index in [1.807, 2.05) is 22.9 Å². The van der Waals surface area contributed by atoms with Crippen LogP contribution >= 0.6 is 46.6 Å². The van der Waals surface area contributed by atoms with Crippen molar-refractivity contribution in [1.82, 2.24) is 8.61 Å². The van der Waals surface area contributed by atoms with Gasteiger partial charge in [-0.25, -0.2) is 0 Å². The summed E-state index contributed by atoms with van der Waals surface area (Å²) in [5, 5.41) is 5.87. The minimum absolute atomic E-state index is 0.164. The standard InChI is InChI=1S/C20H24N2O2S4/c1-2-3-12-25-15-18-19(23)21(10-8-16-6-4-13-26-16)28-22(20(18)24)11-9-17-7-5-14-27-17/h4-7,13-15H,2-3,8-12H2,1H3. The minimum atomic E-state index is -0.164. The molecule has 28 heavy (non-hydrogen) atoms. The van der Waals surface area contributed by atoms with Crippen molar-refractivity contribution in [3.8, 4) is 0 Å². The van der Waals surface area contributed by atoms with Crippen LogP contribution in [0.5, 0.6) is 0 Å². The Balaban J connectivity index is 1.69. The Labute approximate surface area is 183 Å². The Bertz CT molecular complexity index is 729. The van der Waals surface area contributed by atoms with Gasteiger partial charge in [0, 0.05) is 35.7 Å². The van der Waals surface area contributed by atoms with Crippen LogP contribution in [0.25, 0.3) is 0 Å². The SMILES string of the molecule is CCCCSC=C1C(=O)N(CCc2cccs2)SN(CCc2cccs2)C1=O. The minimum Gasteiger partial charge on any atom is -0.268 e. The first kappa shape index (κ1) is 21.5. The van der Waals surface area contributed by atoms with Gasteiger partial charge >= 0.3 is 0 Å². The summed E-state index contributed by atoms with van der Waals surface area (Å²) in [4.78, 5) is 28.3. The van der Waals surface area contributed by atoms with Gasteiger partial charge in [-0.2, -0.15) is 0 Å². The first-order chi connectivity index (χ1) is 13.7. The van der Waals surface area contributed by atoms with Crippen molar-refractivity contribution >= 4 is 58.4 Å². The van der Waals surface area contributed by atoms with Gasteiger partial charge in [0.15, 0.2) is 0 Å². The molecule has 0 spiro atoms. The summed E-state index contributed by atoms with van der Waals surface area (Å²) in [6.45, 7) is 3.34. The predicted molar refractivity (Wildman–Crippen MR) is 123 cm³/mol. The zero-order chi connectivity index (χ0) is 19.8. The van der Waals surface area contributed by atoms with Crippen molar-refractivity contribution in [2.75, 3.05) is 18.8 Å². The number of carbonyl (C=O) groups excluding carboxylic acids is 2. The fraction of sp³-hybridized carbons (Fsp3) is 0.400. The maximum absolute atomic E-state index is 12.9. The van der Waals surface area contributed by atoms with Gasteiger partial charge in [-0.15, -0.1) is 34.4 Å². The molecule has 150 valence electrons. The smallest absolute Gasteiger partial charge is 0.268 e. The number of unbranched alkanes of at least 4 members (excludes halogenated alkanes) is 1. The molecule has 0 aliphatic carbocycles. The number of nitrogens with zero attached hydrogens (tertiary/aromatic N) is 2. The second-order valence-electron chi connectivity index (χ2n) is 6.31. The van der Waals surface area contributed by atoms with E-state index in [0.29, 0.717) is 18.7 Å². The molecule has 0 unspecified atom stereocenters. The summed E-state index contributed by atoms with van der Waals surface area (Å²) in [6, 6.07) is 8.22. The van der Waals surface area contributed by atoms with Crippen LogP contribution in [0.1, 0.15) is 29.5 Å². The number of thiophene rings is 2. The van der Waals surface area contributed by atoms with Gasteiger partial charge in [-0.05, 0) is 40.5 Å². The number of rotatable bonds is 10. The third-order valence-electron chi connectivity index (χ3n) is 4.21. The molecule has 0 N–H and O–H groups in total. The summed E-state index contributed by atoms with van der Waals surface area (Å²) < 4.78 is 3.48. The monoisotopic (exact) mass is 452 g/mol. The molecule has 0 bridgehead atoms.